The van der Waals surface area contributed by atoms with Crippen LogP contribution in [-0.2, 0) is 16.2 Å². The summed E-state index contributed by atoms with van der Waals surface area (Å²) in [6.45, 7) is 12.4. The van der Waals surface area contributed by atoms with Gasteiger partial charge in [-0.2, -0.15) is 5.10 Å². The third-order valence-corrected chi connectivity index (χ3v) is 5.63. The number of benzene rings is 1. The van der Waals surface area contributed by atoms with Gasteiger partial charge in [-0.25, -0.2) is 28.4 Å². The molecule has 218 valence electrons. The Morgan fingerprint density at radius 2 is 2.00 bits per heavy atom. The molecule has 40 heavy (non-hydrogen) atoms. The molecule has 3 aromatic rings. The first kappa shape index (κ1) is 30.4. The van der Waals surface area contributed by atoms with Gasteiger partial charge in [-0.1, -0.05) is 13.8 Å². The van der Waals surface area contributed by atoms with Crippen molar-refractivity contribution in [2.75, 3.05) is 24.7 Å². The zero-order valence-electron chi connectivity index (χ0n) is 23.5. The van der Waals surface area contributed by atoms with Gasteiger partial charge in [0.1, 0.15) is 29.3 Å². The van der Waals surface area contributed by atoms with Crippen LogP contribution in [0, 0.1) is 5.82 Å². The highest BCUT2D eigenvalue weighted by atomic mass is 19.3. The lowest BCUT2D eigenvalue weighted by atomic mass is 10.1. The normalized spacial score (nSPS) is 14.4. The first-order valence-electron chi connectivity index (χ1n) is 13.0. The minimum Gasteiger partial charge on any atom is -0.493 e. The smallest absolute Gasteiger partial charge is 0.407 e. The fourth-order valence-corrected chi connectivity index (χ4v) is 3.87. The Labute approximate surface area is 231 Å². The summed E-state index contributed by atoms with van der Waals surface area (Å²) in [5.74, 6) is -0.415. The molecule has 1 atom stereocenters. The van der Waals surface area contributed by atoms with Crippen LogP contribution in [0.1, 0.15) is 63.9 Å². The molecular formula is C27H35F2N5O6. The average molecular weight is 564 g/mol. The van der Waals surface area contributed by atoms with Crippen molar-refractivity contribution in [1.29, 1.82) is 0 Å². The molecule has 1 aliphatic heterocycles. The van der Waals surface area contributed by atoms with E-state index < -0.39 is 23.5 Å². The number of rotatable bonds is 8. The summed E-state index contributed by atoms with van der Waals surface area (Å²) in [6.07, 6.45) is 2.68. The molecule has 0 spiro atoms. The summed E-state index contributed by atoms with van der Waals surface area (Å²) < 4.78 is 45.0. The van der Waals surface area contributed by atoms with E-state index in [4.69, 9.17) is 14.2 Å². The number of ether oxygens (including phenoxy) is 3. The number of hydrogen-bond acceptors (Lipinski definition) is 9. The molecule has 1 aliphatic rings. The quantitative estimate of drug-likeness (QED) is 0.377. The molecule has 0 saturated heterocycles. The first-order valence-corrected chi connectivity index (χ1v) is 13.0. The van der Waals surface area contributed by atoms with Crippen LogP contribution in [0.2, 0.25) is 0 Å². The number of anilines is 1. The Hall–Kier alpha value is -4.16. The van der Waals surface area contributed by atoms with E-state index in [-0.39, 0.29) is 30.4 Å². The van der Waals surface area contributed by atoms with E-state index in [1.807, 2.05) is 25.7 Å². The fraction of sp³-hybridized carbons (Fsp3) is 0.481. The first-order chi connectivity index (χ1) is 19.1. The summed E-state index contributed by atoms with van der Waals surface area (Å²) >= 11 is 0. The van der Waals surface area contributed by atoms with Crippen molar-refractivity contribution < 1.29 is 37.7 Å². The molecule has 1 unspecified atom stereocenters. The van der Waals surface area contributed by atoms with E-state index in [0.717, 1.165) is 6.20 Å². The minimum atomic E-state index is -1.22. The Bertz CT molecular complexity index is 1330. The van der Waals surface area contributed by atoms with E-state index in [0.29, 0.717) is 42.5 Å². The van der Waals surface area contributed by atoms with E-state index in [1.54, 1.807) is 26.8 Å². The van der Waals surface area contributed by atoms with Crippen molar-refractivity contribution in [2.45, 2.75) is 66.2 Å². The molecule has 11 nitrogen and oxygen atoms in total. The van der Waals surface area contributed by atoms with Crippen LogP contribution in [0.25, 0.3) is 5.65 Å². The summed E-state index contributed by atoms with van der Waals surface area (Å²) in [7, 11) is 0. The zero-order chi connectivity index (χ0) is 29.4. The Morgan fingerprint density at radius 1 is 1.25 bits per heavy atom. The molecule has 2 aromatic heterocycles. The van der Waals surface area contributed by atoms with Gasteiger partial charge in [0.2, 0.25) is 0 Å². The second-order valence-corrected chi connectivity index (χ2v) is 9.79. The maximum Gasteiger partial charge on any atom is 0.407 e. The highest BCUT2D eigenvalue weighted by Gasteiger charge is 2.29. The Morgan fingerprint density at radius 3 is 2.70 bits per heavy atom. The number of alkyl carbamates (subject to hydrolysis) is 1. The third-order valence-electron chi connectivity index (χ3n) is 5.63. The number of carbonyl (C=O) groups is 2. The van der Waals surface area contributed by atoms with Gasteiger partial charge in [0, 0.05) is 23.2 Å². The highest BCUT2D eigenvalue weighted by Crippen LogP contribution is 2.35. The van der Waals surface area contributed by atoms with Crippen molar-refractivity contribution in [3.05, 3.63) is 47.5 Å². The van der Waals surface area contributed by atoms with Crippen LogP contribution in [0.5, 0.6) is 11.5 Å². The second-order valence-electron chi connectivity index (χ2n) is 9.79. The standard InChI is InChI=1S/C25H29F2N5O6.C2H6/c1-15-14-36-20-13-32-21(18(11-29-32)23(33)38-27)30-22(20)31(15)12-16-10-17(26)6-7-19(16)35-9-5-8-28-24(34)37-25(2,3)4;1-2/h6-7,10-11,13,15H,5,8-9,12,14H2,1-4H3,(H,28,34);1-2H3. The molecule has 0 aliphatic carbocycles. The number of amides is 1. The summed E-state index contributed by atoms with van der Waals surface area (Å²) in [5, 5.41) is 6.68. The summed E-state index contributed by atoms with van der Waals surface area (Å²) in [5.41, 5.74) is -0.0933. The Balaban J connectivity index is 0.00000216. The van der Waals surface area contributed by atoms with Gasteiger partial charge in [-0.15, -0.1) is 0 Å². The largest absolute Gasteiger partial charge is 0.493 e. The van der Waals surface area contributed by atoms with Crippen LogP contribution in [0.3, 0.4) is 0 Å². The van der Waals surface area contributed by atoms with Gasteiger partial charge >= 0.3 is 12.1 Å². The number of hydrogen-bond donors (Lipinski definition) is 1. The van der Waals surface area contributed by atoms with Crippen molar-refractivity contribution in [2.24, 2.45) is 0 Å². The van der Waals surface area contributed by atoms with Crippen molar-refractivity contribution in [1.82, 2.24) is 19.9 Å². The van der Waals surface area contributed by atoms with Gasteiger partial charge < -0.3 is 24.4 Å². The zero-order valence-corrected chi connectivity index (χ0v) is 23.5. The average Bonchev–Trinajstić information content (AvgIpc) is 3.32. The SMILES string of the molecule is CC.CC1COc2cn3ncc(C(=O)OF)c3nc2N1Cc1cc(F)ccc1OCCCNC(=O)OC(C)(C)C. The molecule has 0 saturated carbocycles. The van der Waals surface area contributed by atoms with E-state index in [1.165, 1.54) is 22.8 Å². The van der Waals surface area contributed by atoms with Crippen LogP contribution in [-0.4, -0.2) is 58.1 Å². The lowest BCUT2D eigenvalue weighted by Crippen LogP contribution is -2.41. The van der Waals surface area contributed by atoms with E-state index in [2.05, 4.69) is 20.3 Å². The van der Waals surface area contributed by atoms with Crippen LogP contribution in [0.4, 0.5) is 19.5 Å². The molecule has 1 aromatic carbocycles. The monoisotopic (exact) mass is 563 g/mol. The van der Waals surface area contributed by atoms with Gasteiger partial charge in [0.15, 0.2) is 17.2 Å². The van der Waals surface area contributed by atoms with Crippen molar-refractivity contribution in [3.8, 4) is 11.5 Å². The number of halogens is 2. The molecule has 3 heterocycles. The molecular weight excluding hydrogens is 528 g/mol. The van der Waals surface area contributed by atoms with Crippen LogP contribution >= 0.6 is 0 Å². The van der Waals surface area contributed by atoms with Gasteiger partial charge in [0.05, 0.1) is 25.0 Å². The number of aromatic nitrogens is 3. The van der Waals surface area contributed by atoms with Gasteiger partial charge in [0.25, 0.3) is 0 Å². The number of carbonyl (C=O) groups excluding carboxylic acids is 2. The third kappa shape index (κ3) is 7.48. The molecule has 1 amide bonds. The highest BCUT2D eigenvalue weighted by molar-refractivity contribution is 5.95. The van der Waals surface area contributed by atoms with Gasteiger partial charge in [-0.3, -0.25) is 0 Å². The maximum atomic E-state index is 14.2. The summed E-state index contributed by atoms with van der Waals surface area (Å²) in [4.78, 5) is 33.3. The molecule has 1 N–H and O–H groups in total. The van der Waals surface area contributed by atoms with E-state index in [9.17, 15) is 18.5 Å². The molecule has 0 radical (unpaired) electrons. The molecule has 0 fully saturated rings. The molecule has 4 rings (SSSR count). The Kier molecular flexibility index (Phi) is 10.1. The summed E-state index contributed by atoms with van der Waals surface area (Å²) in [6, 6.07) is 4.05. The maximum absolute atomic E-state index is 14.2. The predicted octanol–water partition coefficient (Wildman–Crippen LogP) is 5.02. The number of fused-ring (bicyclic) bond motifs is 2. The predicted molar refractivity (Wildman–Crippen MR) is 143 cm³/mol. The minimum absolute atomic E-state index is 0.0855. The number of nitrogens with one attached hydrogen (secondary N) is 1. The molecule has 0 bridgehead atoms. The second kappa shape index (κ2) is 13.3. The topological polar surface area (TPSA) is 117 Å². The lowest BCUT2D eigenvalue weighted by Gasteiger charge is -2.36. The van der Waals surface area contributed by atoms with E-state index >= 15 is 0 Å². The van der Waals surface area contributed by atoms with Gasteiger partial charge in [-0.05, 0) is 52.3 Å². The number of nitrogens with zero attached hydrogens (tertiary/aromatic N) is 4. The van der Waals surface area contributed by atoms with Crippen LogP contribution in [0.15, 0.2) is 30.6 Å². The van der Waals surface area contributed by atoms with Crippen LogP contribution < -0.4 is 19.7 Å². The fourth-order valence-electron chi connectivity index (χ4n) is 3.87. The van der Waals surface area contributed by atoms with Crippen molar-refractivity contribution in [3.63, 3.8) is 0 Å². The molecule has 13 heteroatoms. The van der Waals surface area contributed by atoms with Crippen molar-refractivity contribution >= 4 is 23.5 Å². The lowest BCUT2D eigenvalue weighted by molar-refractivity contribution is -0.0786.